The van der Waals surface area contributed by atoms with Crippen molar-refractivity contribution in [3.05, 3.63) is 0 Å². The predicted molar refractivity (Wildman–Crippen MR) is 92.4 cm³/mol. The van der Waals surface area contributed by atoms with Gasteiger partial charge in [-0.25, -0.2) is 9.13 Å². The first kappa shape index (κ1) is 23.4. The van der Waals surface area contributed by atoms with Crippen molar-refractivity contribution >= 4 is 15.6 Å². The smallest absolute Gasteiger partial charge is 0.394 e. The van der Waals surface area contributed by atoms with Gasteiger partial charge in [0.25, 0.3) is 0 Å². The largest absolute Gasteiger partial charge is 0.474 e. The molecule has 0 radical (unpaired) electrons. The molecule has 0 aromatic rings. The standard InChI is InChI=1S/C14H28O11P2/c1-2-4-18-6-8-20-26(16)22-10-14(11-23-26)12-24-27(17,25-13-14)21-9-7-19-5-3-15/h15H,2-13H2,1H3. The Balaban J connectivity index is 1.68. The monoisotopic (exact) mass is 434 g/mol. The van der Waals surface area contributed by atoms with Crippen molar-refractivity contribution in [2.75, 3.05) is 72.7 Å². The third kappa shape index (κ3) is 7.79. The third-order valence-electron chi connectivity index (χ3n) is 3.65. The average molecular weight is 434 g/mol. The molecule has 2 aliphatic heterocycles. The lowest BCUT2D eigenvalue weighted by Gasteiger charge is -2.41. The van der Waals surface area contributed by atoms with E-state index in [-0.39, 0.29) is 59.5 Å². The van der Waals surface area contributed by atoms with Gasteiger partial charge >= 0.3 is 15.6 Å². The summed E-state index contributed by atoms with van der Waals surface area (Å²) in [4.78, 5) is 0. The van der Waals surface area contributed by atoms with Gasteiger partial charge in [-0.1, -0.05) is 6.92 Å². The molecule has 0 atom stereocenters. The number of rotatable bonds is 12. The quantitative estimate of drug-likeness (QED) is 0.356. The van der Waals surface area contributed by atoms with Crippen LogP contribution in [0.15, 0.2) is 0 Å². The van der Waals surface area contributed by atoms with Gasteiger partial charge in [-0.3, -0.25) is 27.1 Å². The Bertz CT molecular complexity index is 456. The van der Waals surface area contributed by atoms with Gasteiger partial charge < -0.3 is 14.6 Å². The second-order valence-corrected chi connectivity index (χ2v) is 9.44. The molecule has 0 amide bonds. The molecule has 0 aromatic carbocycles. The highest BCUT2D eigenvalue weighted by Crippen LogP contribution is 2.59. The Hall–Kier alpha value is 0.1000. The molecule has 0 bridgehead atoms. The van der Waals surface area contributed by atoms with Crippen LogP contribution >= 0.6 is 15.6 Å². The lowest BCUT2D eigenvalue weighted by molar-refractivity contribution is -0.0977. The van der Waals surface area contributed by atoms with E-state index >= 15 is 0 Å². The normalized spacial score (nSPS) is 34.1. The van der Waals surface area contributed by atoms with E-state index < -0.39 is 21.1 Å². The van der Waals surface area contributed by atoms with Crippen LogP contribution in [0.5, 0.6) is 0 Å². The van der Waals surface area contributed by atoms with E-state index in [9.17, 15) is 9.13 Å². The molecule has 1 N–H and O–H groups in total. The van der Waals surface area contributed by atoms with Crippen molar-refractivity contribution in [2.45, 2.75) is 13.3 Å². The molecule has 0 unspecified atom stereocenters. The molecule has 1 spiro atoms. The lowest BCUT2D eigenvalue weighted by atomic mass is 9.93. The van der Waals surface area contributed by atoms with Crippen LogP contribution in [0, 0.1) is 5.41 Å². The molecular formula is C14H28O11P2. The zero-order valence-electron chi connectivity index (χ0n) is 15.4. The Morgan fingerprint density at radius 2 is 1.22 bits per heavy atom. The molecule has 2 aliphatic rings. The van der Waals surface area contributed by atoms with Crippen molar-refractivity contribution in [3.63, 3.8) is 0 Å². The van der Waals surface area contributed by atoms with E-state index in [2.05, 4.69) is 0 Å². The number of phosphoric ester groups is 2. The van der Waals surface area contributed by atoms with E-state index in [1.807, 2.05) is 6.92 Å². The van der Waals surface area contributed by atoms with Crippen LogP contribution in [0.25, 0.3) is 0 Å². The van der Waals surface area contributed by atoms with E-state index in [0.717, 1.165) is 6.42 Å². The number of ether oxygens (including phenoxy) is 2. The maximum Gasteiger partial charge on any atom is 0.474 e. The van der Waals surface area contributed by atoms with Crippen LogP contribution in [-0.2, 0) is 45.7 Å². The molecule has 2 saturated heterocycles. The molecule has 27 heavy (non-hydrogen) atoms. The molecule has 2 rings (SSSR count). The predicted octanol–water partition coefficient (Wildman–Crippen LogP) is 1.75. The van der Waals surface area contributed by atoms with Gasteiger partial charge in [0.1, 0.15) is 0 Å². The van der Waals surface area contributed by atoms with E-state index in [1.165, 1.54) is 0 Å². The van der Waals surface area contributed by atoms with Gasteiger partial charge in [0.15, 0.2) is 0 Å². The second-order valence-electron chi connectivity index (χ2n) is 6.10. The van der Waals surface area contributed by atoms with Crippen molar-refractivity contribution in [1.82, 2.24) is 0 Å². The van der Waals surface area contributed by atoms with Crippen molar-refractivity contribution in [1.29, 1.82) is 0 Å². The molecule has 13 heteroatoms. The zero-order chi connectivity index (χ0) is 19.6. The Labute approximate surface area is 158 Å². The fourth-order valence-corrected chi connectivity index (χ4v) is 4.94. The van der Waals surface area contributed by atoms with Crippen molar-refractivity contribution in [3.8, 4) is 0 Å². The fraction of sp³-hybridized carbons (Fsp3) is 1.00. The summed E-state index contributed by atoms with van der Waals surface area (Å²) in [5.41, 5.74) is -0.735. The maximum atomic E-state index is 12.3. The van der Waals surface area contributed by atoms with Crippen LogP contribution < -0.4 is 0 Å². The number of aliphatic hydroxyl groups is 1. The molecule has 0 aliphatic carbocycles. The minimum absolute atomic E-state index is 0.000419. The van der Waals surface area contributed by atoms with Crippen LogP contribution in [0.3, 0.4) is 0 Å². The number of aliphatic hydroxyl groups excluding tert-OH is 1. The van der Waals surface area contributed by atoms with Gasteiger partial charge in [0.05, 0.1) is 71.5 Å². The molecular weight excluding hydrogens is 406 g/mol. The highest BCUT2D eigenvalue weighted by Gasteiger charge is 2.50. The second kappa shape index (κ2) is 11.3. The average Bonchev–Trinajstić information content (AvgIpc) is 2.67. The van der Waals surface area contributed by atoms with Crippen LogP contribution in [0.4, 0.5) is 0 Å². The molecule has 160 valence electrons. The summed E-state index contributed by atoms with van der Waals surface area (Å²) in [6, 6.07) is 0. The zero-order valence-corrected chi connectivity index (χ0v) is 17.2. The van der Waals surface area contributed by atoms with Crippen LogP contribution in [0.1, 0.15) is 13.3 Å². The van der Waals surface area contributed by atoms with Gasteiger partial charge in [-0.05, 0) is 6.42 Å². The molecule has 2 heterocycles. The molecule has 0 saturated carbocycles. The summed E-state index contributed by atoms with van der Waals surface area (Å²) in [6.07, 6.45) is 0.885. The summed E-state index contributed by atoms with van der Waals surface area (Å²) >= 11 is 0. The van der Waals surface area contributed by atoms with E-state index in [1.54, 1.807) is 0 Å². The molecule has 0 aromatic heterocycles. The van der Waals surface area contributed by atoms with Crippen molar-refractivity contribution in [2.24, 2.45) is 5.41 Å². The summed E-state index contributed by atoms with van der Waals surface area (Å²) < 4.78 is 66.2. The van der Waals surface area contributed by atoms with E-state index in [0.29, 0.717) is 13.2 Å². The summed E-state index contributed by atoms with van der Waals surface area (Å²) in [5.74, 6) is 0. The van der Waals surface area contributed by atoms with Gasteiger partial charge in [0.2, 0.25) is 0 Å². The number of hydrogen-bond acceptors (Lipinski definition) is 11. The third-order valence-corrected chi connectivity index (χ3v) is 6.43. The molecule has 11 nitrogen and oxygen atoms in total. The highest BCUT2D eigenvalue weighted by atomic mass is 31.2. The maximum absolute atomic E-state index is 12.3. The summed E-state index contributed by atoms with van der Waals surface area (Å²) in [6.45, 7) is 3.22. The first-order valence-corrected chi connectivity index (χ1v) is 11.7. The van der Waals surface area contributed by atoms with Crippen LogP contribution in [0.2, 0.25) is 0 Å². The fourth-order valence-electron chi connectivity index (χ4n) is 2.17. The first-order chi connectivity index (χ1) is 12.9. The van der Waals surface area contributed by atoms with Crippen LogP contribution in [-0.4, -0.2) is 77.8 Å². The first-order valence-electron chi connectivity index (χ1n) is 8.78. The highest BCUT2D eigenvalue weighted by molar-refractivity contribution is 7.48. The minimum Gasteiger partial charge on any atom is -0.394 e. The summed E-state index contributed by atoms with van der Waals surface area (Å²) in [7, 11) is -7.33. The van der Waals surface area contributed by atoms with Crippen molar-refractivity contribution < 1.29 is 50.9 Å². The van der Waals surface area contributed by atoms with E-state index in [4.69, 9.17) is 41.7 Å². The molecule has 2 fully saturated rings. The number of phosphoric acid groups is 2. The Kier molecular flexibility index (Phi) is 9.81. The van der Waals surface area contributed by atoms with Gasteiger partial charge in [-0.15, -0.1) is 0 Å². The van der Waals surface area contributed by atoms with Gasteiger partial charge in [-0.2, -0.15) is 0 Å². The van der Waals surface area contributed by atoms with Gasteiger partial charge in [0, 0.05) is 6.61 Å². The topological polar surface area (TPSA) is 128 Å². The lowest BCUT2D eigenvalue weighted by Crippen LogP contribution is -2.45. The Morgan fingerprint density at radius 1 is 0.778 bits per heavy atom. The summed E-state index contributed by atoms with van der Waals surface area (Å²) in [5, 5.41) is 8.60. The Morgan fingerprint density at radius 3 is 1.63 bits per heavy atom. The SMILES string of the molecule is CCCOCCOP1(=O)OCC2(CO1)COP(=O)(OCCOCCO)OC2. The number of hydrogen-bond donors (Lipinski definition) is 1. The minimum atomic E-state index is -3.69.